The van der Waals surface area contributed by atoms with Crippen LogP contribution in [0.15, 0.2) is 67.3 Å². The Bertz CT molecular complexity index is 839. The predicted molar refractivity (Wildman–Crippen MR) is 94.1 cm³/mol. The van der Waals surface area contributed by atoms with Crippen molar-refractivity contribution in [3.05, 3.63) is 77.8 Å². The molecule has 3 aromatic rings. The fraction of sp³-hybridized carbons (Fsp3) is 0.100. The molecule has 3 rings (SSSR count). The minimum absolute atomic E-state index is 0.993. The summed E-state index contributed by atoms with van der Waals surface area (Å²) in [6.07, 6.45) is 3.83. The van der Waals surface area contributed by atoms with Crippen LogP contribution in [0.2, 0.25) is 0 Å². The normalized spacial score (nSPS) is 11.0. The number of aromatic nitrogens is 1. The molecule has 0 aliphatic rings. The summed E-state index contributed by atoms with van der Waals surface area (Å²) in [4.78, 5) is 0. The van der Waals surface area contributed by atoms with Crippen LogP contribution >= 0.6 is 0 Å². The highest BCUT2D eigenvalue weighted by Gasteiger charge is 2.06. The number of benzene rings is 2. The van der Waals surface area contributed by atoms with E-state index in [0.717, 1.165) is 16.3 Å². The van der Waals surface area contributed by atoms with E-state index in [-0.39, 0.29) is 0 Å². The third-order valence-corrected chi connectivity index (χ3v) is 3.31. The molecule has 0 saturated heterocycles. The van der Waals surface area contributed by atoms with Gasteiger partial charge in [0.05, 0.1) is 5.52 Å². The van der Waals surface area contributed by atoms with Crippen molar-refractivity contribution in [2.24, 2.45) is 0 Å². The van der Waals surface area contributed by atoms with Gasteiger partial charge in [0.15, 0.2) is 0 Å². The van der Waals surface area contributed by atoms with Gasteiger partial charge >= 0.3 is 0 Å². The van der Waals surface area contributed by atoms with Crippen LogP contribution in [0.5, 0.6) is 0 Å². The smallest absolute Gasteiger partial charge is 0.0540 e. The molecule has 0 bridgehead atoms. The highest BCUT2D eigenvalue weighted by Crippen LogP contribution is 2.13. The van der Waals surface area contributed by atoms with Gasteiger partial charge in [-0.1, -0.05) is 75.6 Å². The van der Waals surface area contributed by atoms with E-state index in [1.54, 1.807) is 0 Å². The van der Waals surface area contributed by atoms with E-state index in [1.807, 2.05) is 44.2 Å². The lowest BCUT2D eigenvalue weighted by molar-refractivity contribution is 1.07. The van der Waals surface area contributed by atoms with Gasteiger partial charge in [0.1, 0.15) is 0 Å². The zero-order valence-corrected chi connectivity index (χ0v) is 12.7. The maximum Gasteiger partial charge on any atom is 0.0540 e. The maximum absolute atomic E-state index is 4.24. The second-order valence-electron chi connectivity index (χ2n) is 4.45. The SMILES string of the molecule is C=C/C=c1\c(=C)n(-c2ccccc2)c2ccccc12.CC. The number of fused-ring (bicyclic) bond motifs is 1. The molecule has 0 atom stereocenters. The summed E-state index contributed by atoms with van der Waals surface area (Å²) in [5.41, 5.74) is 2.30. The summed E-state index contributed by atoms with van der Waals surface area (Å²) in [7, 11) is 0. The highest BCUT2D eigenvalue weighted by molar-refractivity contribution is 5.84. The standard InChI is InChI=1S/C18H15N.C2H6/c1-3-9-16-14(2)19(15-10-5-4-6-11-15)18-13-8-7-12-17(16)18;1-2/h3-13H,1-2H2;1-2H3/b16-9+;. The molecule has 0 aliphatic heterocycles. The van der Waals surface area contributed by atoms with Gasteiger partial charge in [-0.15, -0.1) is 0 Å². The van der Waals surface area contributed by atoms with E-state index in [0.29, 0.717) is 0 Å². The molecular formula is C20H21N. The monoisotopic (exact) mass is 275 g/mol. The molecule has 0 unspecified atom stereocenters. The molecule has 106 valence electrons. The number of nitrogens with zero attached hydrogens (tertiary/aromatic N) is 1. The first-order chi connectivity index (χ1) is 10.3. The largest absolute Gasteiger partial charge is 0.310 e. The molecule has 0 saturated carbocycles. The second-order valence-corrected chi connectivity index (χ2v) is 4.45. The lowest BCUT2D eigenvalue weighted by Gasteiger charge is -2.05. The van der Waals surface area contributed by atoms with E-state index in [9.17, 15) is 0 Å². The highest BCUT2D eigenvalue weighted by atomic mass is 15.0. The number of rotatable bonds is 2. The molecule has 1 heterocycles. The van der Waals surface area contributed by atoms with Crippen molar-refractivity contribution in [3.63, 3.8) is 0 Å². The van der Waals surface area contributed by atoms with E-state index < -0.39 is 0 Å². The van der Waals surface area contributed by atoms with E-state index >= 15 is 0 Å². The number of allylic oxidation sites excluding steroid dienone is 1. The van der Waals surface area contributed by atoms with Crippen LogP contribution in [0.1, 0.15) is 13.8 Å². The molecule has 0 radical (unpaired) electrons. The molecule has 21 heavy (non-hydrogen) atoms. The van der Waals surface area contributed by atoms with Crippen LogP contribution in [0.25, 0.3) is 29.2 Å². The van der Waals surface area contributed by atoms with Crippen molar-refractivity contribution in [2.75, 3.05) is 0 Å². The molecule has 1 aromatic heterocycles. The Morgan fingerprint density at radius 2 is 1.52 bits per heavy atom. The fourth-order valence-electron chi connectivity index (χ4n) is 2.49. The van der Waals surface area contributed by atoms with Gasteiger partial charge in [-0.05, 0) is 18.2 Å². The quantitative estimate of drug-likeness (QED) is 0.665. The van der Waals surface area contributed by atoms with E-state index in [1.165, 1.54) is 10.9 Å². The maximum atomic E-state index is 4.24. The Labute approximate surface area is 126 Å². The predicted octanol–water partition coefficient (Wildman–Crippen LogP) is 4.03. The lowest BCUT2D eigenvalue weighted by atomic mass is 10.2. The first-order valence-electron chi connectivity index (χ1n) is 7.29. The zero-order chi connectivity index (χ0) is 15.2. The van der Waals surface area contributed by atoms with Crippen molar-refractivity contribution in [3.8, 4) is 5.69 Å². The molecule has 1 nitrogen and oxygen atoms in total. The third-order valence-electron chi connectivity index (χ3n) is 3.31. The second kappa shape index (κ2) is 6.76. The van der Waals surface area contributed by atoms with Gasteiger partial charge in [0, 0.05) is 21.6 Å². The van der Waals surface area contributed by atoms with Crippen LogP contribution in [-0.4, -0.2) is 4.57 Å². The van der Waals surface area contributed by atoms with Gasteiger partial charge in [-0.3, -0.25) is 0 Å². The van der Waals surface area contributed by atoms with Crippen LogP contribution < -0.4 is 10.6 Å². The first kappa shape index (κ1) is 14.9. The Hall–Kier alpha value is -2.54. The van der Waals surface area contributed by atoms with Crippen LogP contribution in [0, 0.1) is 0 Å². The summed E-state index contributed by atoms with van der Waals surface area (Å²) in [5.74, 6) is 0. The summed E-state index contributed by atoms with van der Waals surface area (Å²) in [6, 6.07) is 18.7. The lowest BCUT2D eigenvalue weighted by Crippen LogP contribution is -2.26. The van der Waals surface area contributed by atoms with Gasteiger partial charge in [0.2, 0.25) is 0 Å². The summed E-state index contributed by atoms with van der Waals surface area (Å²) in [6.45, 7) is 12.0. The average molecular weight is 275 g/mol. The molecule has 0 aliphatic carbocycles. The Morgan fingerprint density at radius 3 is 2.19 bits per heavy atom. The molecule has 0 fully saturated rings. The molecule has 0 N–H and O–H groups in total. The van der Waals surface area contributed by atoms with Crippen molar-refractivity contribution >= 4 is 23.6 Å². The first-order valence-corrected chi connectivity index (χ1v) is 7.29. The average Bonchev–Trinajstić information content (AvgIpc) is 2.83. The zero-order valence-electron chi connectivity index (χ0n) is 12.7. The van der Waals surface area contributed by atoms with Crippen molar-refractivity contribution < 1.29 is 0 Å². The topological polar surface area (TPSA) is 4.93 Å². The minimum atomic E-state index is 0.993. The Morgan fingerprint density at radius 1 is 0.905 bits per heavy atom. The van der Waals surface area contributed by atoms with Gasteiger partial charge in [0.25, 0.3) is 0 Å². The molecule has 1 heteroatoms. The summed E-state index contributed by atoms with van der Waals surface area (Å²) >= 11 is 0. The van der Waals surface area contributed by atoms with Gasteiger partial charge < -0.3 is 4.57 Å². The molecular weight excluding hydrogens is 254 g/mol. The number of hydrogen-bond acceptors (Lipinski definition) is 0. The number of para-hydroxylation sites is 2. The fourth-order valence-corrected chi connectivity index (χ4v) is 2.49. The van der Waals surface area contributed by atoms with Gasteiger partial charge in [-0.25, -0.2) is 0 Å². The van der Waals surface area contributed by atoms with Crippen LogP contribution in [-0.2, 0) is 0 Å². The molecule has 0 spiro atoms. The summed E-state index contributed by atoms with van der Waals surface area (Å²) < 4.78 is 2.19. The number of hydrogen-bond donors (Lipinski definition) is 0. The Balaban J connectivity index is 0.000000774. The van der Waals surface area contributed by atoms with Crippen molar-refractivity contribution in [1.82, 2.24) is 4.57 Å². The molecule has 0 amide bonds. The van der Waals surface area contributed by atoms with Crippen molar-refractivity contribution in [2.45, 2.75) is 13.8 Å². The van der Waals surface area contributed by atoms with Crippen molar-refractivity contribution in [1.29, 1.82) is 0 Å². The van der Waals surface area contributed by atoms with E-state index in [4.69, 9.17) is 0 Å². The minimum Gasteiger partial charge on any atom is -0.310 e. The van der Waals surface area contributed by atoms with Gasteiger partial charge in [-0.2, -0.15) is 0 Å². The summed E-state index contributed by atoms with van der Waals surface area (Å²) in [5, 5.41) is 3.33. The van der Waals surface area contributed by atoms with Crippen LogP contribution in [0.3, 0.4) is 0 Å². The van der Waals surface area contributed by atoms with Crippen LogP contribution in [0.4, 0.5) is 0 Å². The third kappa shape index (κ3) is 2.68. The Kier molecular flexibility index (Phi) is 4.78. The van der Waals surface area contributed by atoms with E-state index in [2.05, 4.69) is 54.1 Å². The molecule has 2 aromatic carbocycles.